The van der Waals surface area contributed by atoms with Crippen molar-refractivity contribution in [1.82, 2.24) is 15.0 Å². The van der Waals surface area contributed by atoms with E-state index in [4.69, 9.17) is 11.6 Å². The lowest BCUT2D eigenvalue weighted by molar-refractivity contribution is -0.115. The lowest BCUT2D eigenvalue weighted by atomic mass is 10.2. The summed E-state index contributed by atoms with van der Waals surface area (Å²) < 4.78 is 0. The standard InChI is InChI=1S/C11H9ClN4O/c12-10-11(15-5-4-14-10)16-9(17)6-8-2-1-3-13-7-8/h1-5,7H,6H2,(H,15,16,17). The molecule has 0 bridgehead atoms. The van der Waals surface area contributed by atoms with Gasteiger partial charge in [-0.25, -0.2) is 9.97 Å². The Morgan fingerprint density at radius 3 is 2.82 bits per heavy atom. The molecule has 0 unspecified atom stereocenters. The van der Waals surface area contributed by atoms with Crippen LogP contribution in [0.3, 0.4) is 0 Å². The van der Waals surface area contributed by atoms with Gasteiger partial charge in [-0.2, -0.15) is 0 Å². The maximum absolute atomic E-state index is 11.7. The second kappa shape index (κ2) is 5.36. The lowest BCUT2D eigenvalue weighted by Gasteiger charge is -2.04. The Bertz CT molecular complexity index is 518. The summed E-state index contributed by atoms with van der Waals surface area (Å²) in [4.78, 5) is 23.3. The highest BCUT2D eigenvalue weighted by Gasteiger charge is 2.08. The molecule has 6 heteroatoms. The Hall–Kier alpha value is -2.01. The third kappa shape index (κ3) is 3.22. The molecular formula is C11H9ClN4O. The average Bonchev–Trinajstić information content (AvgIpc) is 2.33. The van der Waals surface area contributed by atoms with E-state index in [0.29, 0.717) is 0 Å². The van der Waals surface area contributed by atoms with E-state index in [1.165, 1.54) is 12.4 Å². The highest BCUT2D eigenvalue weighted by atomic mass is 35.5. The van der Waals surface area contributed by atoms with E-state index in [-0.39, 0.29) is 23.3 Å². The van der Waals surface area contributed by atoms with Crippen molar-refractivity contribution in [3.8, 4) is 0 Å². The summed E-state index contributed by atoms with van der Waals surface area (Å²) in [5, 5.41) is 2.76. The first kappa shape index (κ1) is 11.5. The van der Waals surface area contributed by atoms with Crippen molar-refractivity contribution in [2.75, 3.05) is 5.32 Å². The maximum Gasteiger partial charge on any atom is 0.230 e. The topological polar surface area (TPSA) is 67.8 Å². The van der Waals surface area contributed by atoms with Crippen LogP contribution in [0.5, 0.6) is 0 Å². The first-order valence-corrected chi connectivity index (χ1v) is 5.29. The van der Waals surface area contributed by atoms with Gasteiger partial charge in [-0.3, -0.25) is 9.78 Å². The predicted molar refractivity (Wildman–Crippen MR) is 63.6 cm³/mol. The van der Waals surface area contributed by atoms with Crippen molar-refractivity contribution in [2.45, 2.75) is 6.42 Å². The van der Waals surface area contributed by atoms with Gasteiger partial charge in [0, 0.05) is 24.8 Å². The van der Waals surface area contributed by atoms with Crippen LogP contribution in [0.1, 0.15) is 5.56 Å². The molecule has 0 aromatic carbocycles. The number of rotatable bonds is 3. The van der Waals surface area contributed by atoms with Crippen LogP contribution in [0.15, 0.2) is 36.9 Å². The zero-order valence-corrected chi connectivity index (χ0v) is 9.55. The van der Waals surface area contributed by atoms with E-state index in [0.717, 1.165) is 5.56 Å². The number of pyridine rings is 1. The van der Waals surface area contributed by atoms with E-state index < -0.39 is 0 Å². The molecule has 1 amide bonds. The molecule has 17 heavy (non-hydrogen) atoms. The number of anilines is 1. The normalized spacial score (nSPS) is 9.94. The second-order valence-corrected chi connectivity index (χ2v) is 3.64. The first-order valence-electron chi connectivity index (χ1n) is 4.91. The van der Waals surface area contributed by atoms with Crippen LogP contribution < -0.4 is 5.32 Å². The molecule has 0 radical (unpaired) electrons. The molecule has 0 saturated carbocycles. The number of hydrogen-bond donors (Lipinski definition) is 1. The van der Waals surface area contributed by atoms with Gasteiger partial charge in [-0.15, -0.1) is 0 Å². The summed E-state index contributed by atoms with van der Waals surface area (Å²) in [5.74, 6) is 0.0588. The van der Waals surface area contributed by atoms with Crippen molar-refractivity contribution in [1.29, 1.82) is 0 Å². The number of hydrogen-bond acceptors (Lipinski definition) is 4. The van der Waals surface area contributed by atoms with Crippen LogP contribution in [0, 0.1) is 0 Å². The third-order valence-corrected chi connectivity index (χ3v) is 2.28. The summed E-state index contributed by atoms with van der Waals surface area (Å²) in [6.07, 6.45) is 6.43. The zero-order chi connectivity index (χ0) is 12.1. The molecule has 0 atom stereocenters. The molecule has 86 valence electrons. The number of carbonyl (C=O) groups excluding carboxylic acids is 1. The quantitative estimate of drug-likeness (QED) is 0.898. The minimum absolute atomic E-state index is 0.173. The Labute approximate surface area is 103 Å². The monoisotopic (exact) mass is 248 g/mol. The average molecular weight is 249 g/mol. The smallest absolute Gasteiger partial charge is 0.230 e. The highest BCUT2D eigenvalue weighted by molar-refractivity contribution is 6.32. The van der Waals surface area contributed by atoms with Crippen LogP contribution >= 0.6 is 11.6 Å². The number of amides is 1. The van der Waals surface area contributed by atoms with Crippen LogP contribution in [0.25, 0.3) is 0 Å². The van der Waals surface area contributed by atoms with E-state index in [2.05, 4.69) is 20.3 Å². The van der Waals surface area contributed by atoms with Gasteiger partial charge in [0.15, 0.2) is 11.0 Å². The van der Waals surface area contributed by atoms with Gasteiger partial charge < -0.3 is 5.32 Å². The Kier molecular flexibility index (Phi) is 3.62. The molecular weight excluding hydrogens is 240 g/mol. The molecule has 0 fully saturated rings. The number of carbonyl (C=O) groups is 1. The molecule has 0 aliphatic rings. The molecule has 0 aliphatic carbocycles. The molecule has 2 heterocycles. The number of nitrogens with one attached hydrogen (secondary N) is 1. The number of nitrogens with zero attached hydrogens (tertiary/aromatic N) is 3. The van der Waals surface area contributed by atoms with E-state index >= 15 is 0 Å². The molecule has 2 aromatic heterocycles. The molecule has 0 spiro atoms. The van der Waals surface area contributed by atoms with Crippen molar-refractivity contribution in [3.05, 3.63) is 47.6 Å². The van der Waals surface area contributed by atoms with Gasteiger partial charge in [-0.1, -0.05) is 17.7 Å². The molecule has 5 nitrogen and oxygen atoms in total. The highest BCUT2D eigenvalue weighted by Crippen LogP contribution is 2.14. The van der Waals surface area contributed by atoms with Crippen molar-refractivity contribution in [3.63, 3.8) is 0 Å². The predicted octanol–water partition coefficient (Wildman–Crippen LogP) is 1.71. The van der Waals surface area contributed by atoms with Gasteiger partial charge in [0.05, 0.1) is 6.42 Å². The van der Waals surface area contributed by atoms with Crippen LogP contribution in [-0.2, 0) is 11.2 Å². The van der Waals surface area contributed by atoms with E-state index in [1.807, 2.05) is 6.07 Å². The Morgan fingerprint density at radius 2 is 2.12 bits per heavy atom. The minimum atomic E-state index is -0.208. The summed E-state index contributed by atoms with van der Waals surface area (Å²) in [6.45, 7) is 0. The fraction of sp³-hybridized carbons (Fsp3) is 0.0909. The molecule has 1 N–H and O–H groups in total. The maximum atomic E-state index is 11.7. The van der Waals surface area contributed by atoms with Crippen LogP contribution in [-0.4, -0.2) is 20.9 Å². The zero-order valence-electron chi connectivity index (χ0n) is 8.80. The van der Waals surface area contributed by atoms with Crippen molar-refractivity contribution < 1.29 is 4.79 Å². The van der Waals surface area contributed by atoms with Gasteiger partial charge in [-0.05, 0) is 11.6 Å². The van der Waals surface area contributed by atoms with E-state index in [9.17, 15) is 4.79 Å². The summed E-state index contributed by atoms with van der Waals surface area (Å²) >= 11 is 5.77. The number of aromatic nitrogens is 3. The van der Waals surface area contributed by atoms with Gasteiger partial charge >= 0.3 is 0 Å². The summed E-state index contributed by atoms with van der Waals surface area (Å²) in [5.41, 5.74) is 0.824. The van der Waals surface area contributed by atoms with Crippen molar-refractivity contribution in [2.24, 2.45) is 0 Å². The minimum Gasteiger partial charge on any atom is -0.308 e. The largest absolute Gasteiger partial charge is 0.308 e. The SMILES string of the molecule is O=C(Cc1cccnc1)Nc1nccnc1Cl. The molecule has 0 aliphatic heterocycles. The Balaban J connectivity index is 2.01. The van der Waals surface area contributed by atoms with Crippen LogP contribution in [0.2, 0.25) is 5.15 Å². The van der Waals surface area contributed by atoms with Gasteiger partial charge in [0.2, 0.25) is 5.91 Å². The fourth-order valence-electron chi connectivity index (χ4n) is 1.27. The summed E-state index contributed by atoms with van der Waals surface area (Å²) in [6, 6.07) is 3.60. The summed E-state index contributed by atoms with van der Waals surface area (Å²) in [7, 11) is 0. The Morgan fingerprint density at radius 1 is 1.29 bits per heavy atom. The van der Waals surface area contributed by atoms with Crippen molar-refractivity contribution >= 4 is 23.3 Å². The third-order valence-electron chi connectivity index (χ3n) is 2.00. The molecule has 2 aromatic rings. The van der Waals surface area contributed by atoms with Gasteiger partial charge in [0.1, 0.15) is 0 Å². The second-order valence-electron chi connectivity index (χ2n) is 3.28. The molecule has 2 rings (SSSR count). The first-order chi connectivity index (χ1) is 8.25. The number of halogens is 1. The van der Waals surface area contributed by atoms with Gasteiger partial charge in [0.25, 0.3) is 0 Å². The van der Waals surface area contributed by atoms with E-state index in [1.54, 1.807) is 18.5 Å². The fourth-order valence-corrected chi connectivity index (χ4v) is 1.42. The lowest BCUT2D eigenvalue weighted by Crippen LogP contribution is -2.15. The molecule has 0 saturated heterocycles. The van der Waals surface area contributed by atoms with Crippen LogP contribution in [0.4, 0.5) is 5.82 Å².